The van der Waals surface area contributed by atoms with E-state index in [9.17, 15) is 4.79 Å². The van der Waals surface area contributed by atoms with E-state index in [4.69, 9.17) is 4.42 Å². The van der Waals surface area contributed by atoms with Crippen LogP contribution in [0.3, 0.4) is 0 Å². The molecule has 142 valence electrons. The Kier molecular flexibility index (Phi) is 5.01. The van der Waals surface area contributed by atoms with Gasteiger partial charge in [-0.25, -0.2) is 4.79 Å². The minimum atomic E-state index is -0.316. The summed E-state index contributed by atoms with van der Waals surface area (Å²) < 4.78 is 8.97. The molecule has 0 radical (unpaired) electrons. The minimum absolute atomic E-state index is 0.316. The van der Waals surface area contributed by atoms with Crippen molar-refractivity contribution >= 4 is 50.4 Å². The van der Waals surface area contributed by atoms with Crippen molar-refractivity contribution in [3.05, 3.63) is 69.5 Å². The van der Waals surface area contributed by atoms with Crippen LogP contribution in [-0.2, 0) is 7.05 Å². The second-order valence-electron chi connectivity index (χ2n) is 6.68. The van der Waals surface area contributed by atoms with Gasteiger partial charge in [0.2, 0.25) is 5.52 Å². The SMILES string of the molecule is CCN(CC)c1ccc2cc(C=Cc3sc4ccccc4[n+]3C)c(=O)oc2c1. The Bertz CT molecular complexity index is 1230. The molecule has 2 aromatic heterocycles. The Morgan fingerprint density at radius 3 is 2.61 bits per heavy atom. The highest BCUT2D eigenvalue weighted by atomic mass is 32.1. The Hall–Kier alpha value is -2.92. The normalized spacial score (nSPS) is 11.7. The molecule has 0 bridgehead atoms. The van der Waals surface area contributed by atoms with Crippen LogP contribution in [-0.4, -0.2) is 13.1 Å². The summed E-state index contributed by atoms with van der Waals surface area (Å²) in [5, 5.41) is 2.01. The van der Waals surface area contributed by atoms with E-state index in [1.165, 1.54) is 10.2 Å². The van der Waals surface area contributed by atoms with Gasteiger partial charge in [0.25, 0.3) is 5.01 Å². The fourth-order valence-corrected chi connectivity index (χ4v) is 4.50. The highest BCUT2D eigenvalue weighted by Gasteiger charge is 2.14. The Morgan fingerprint density at radius 1 is 1.07 bits per heavy atom. The molecular weight excluding hydrogens is 368 g/mol. The summed E-state index contributed by atoms with van der Waals surface area (Å²) >= 11 is 1.70. The van der Waals surface area contributed by atoms with Crippen molar-refractivity contribution < 1.29 is 8.98 Å². The van der Waals surface area contributed by atoms with E-state index in [1.807, 2.05) is 49.5 Å². The third-order valence-electron chi connectivity index (χ3n) is 5.05. The summed E-state index contributed by atoms with van der Waals surface area (Å²) in [6.07, 6.45) is 3.82. The van der Waals surface area contributed by atoms with E-state index in [0.29, 0.717) is 11.1 Å². The molecule has 0 aliphatic rings. The average molecular weight is 392 g/mol. The lowest BCUT2D eigenvalue weighted by molar-refractivity contribution is -0.642. The highest BCUT2D eigenvalue weighted by Crippen LogP contribution is 2.24. The Balaban J connectivity index is 1.71. The van der Waals surface area contributed by atoms with Crippen LogP contribution in [0.5, 0.6) is 0 Å². The maximum Gasteiger partial charge on any atom is 0.343 e. The van der Waals surface area contributed by atoms with Crippen molar-refractivity contribution in [2.45, 2.75) is 13.8 Å². The smallest absolute Gasteiger partial charge is 0.343 e. The van der Waals surface area contributed by atoms with Gasteiger partial charge in [0.05, 0.1) is 5.56 Å². The largest absolute Gasteiger partial charge is 0.422 e. The van der Waals surface area contributed by atoms with Gasteiger partial charge < -0.3 is 9.32 Å². The number of fused-ring (bicyclic) bond motifs is 2. The number of rotatable bonds is 5. The van der Waals surface area contributed by atoms with Crippen molar-refractivity contribution in [1.29, 1.82) is 0 Å². The van der Waals surface area contributed by atoms with Crippen molar-refractivity contribution in [3.8, 4) is 0 Å². The lowest BCUT2D eigenvalue weighted by Gasteiger charge is -2.20. The molecule has 4 aromatic rings. The number of hydrogen-bond donors (Lipinski definition) is 0. The minimum Gasteiger partial charge on any atom is -0.422 e. The summed E-state index contributed by atoms with van der Waals surface area (Å²) in [5.74, 6) is 0. The van der Waals surface area contributed by atoms with E-state index in [2.05, 4.69) is 41.5 Å². The highest BCUT2D eigenvalue weighted by molar-refractivity contribution is 7.18. The van der Waals surface area contributed by atoms with Crippen LogP contribution in [0.25, 0.3) is 33.3 Å². The van der Waals surface area contributed by atoms with Gasteiger partial charge in [-0.2, -0.15) is 4.57 Å². The average Bonchev–Trinajstić information content (AvgIpc) is 3.03. The number of anilines is 1. The molecule has 0 saturated carbocycles. The molecule has 2 aromatic carbocycles. The molecule has 0 aliphatic heterocycles. The maximum absolute atomic E-state index is 12.5. The molecule has 0 N–H and O–H groups in total. The van der Waals surface area contributed by atoms with E-state index in [0.717, 1.165) is 29.2 Å². The summed E-state index contributed by atoms with van der Waals surface area (Å²) in [4.78, 5) is 14.7. The van der Waals surface area contributed by atoms with Crippen molar-refractivity contribution in [2.24, 2.45) is 7.05 Å². The van der Waals surface area contributed by atoms with E-state index in [-0.39, 0.29) is 5.63 Å². The van der Waals surface area contributed by atoms with Crippen LogP contribution in [0.4, 0.5) is 5.69 Å². The molecule has 5 heteroatoms. The van der Waals surface area contributed by atoms with E-state index in [1.54, 1.807) is 11.3 Å². The maximum atomic E-state index is 12.5. The zero-order valence-electron chi connectivity index (χ0n) is 16.3. The monoisotopic (exact) mass is 391 g/mol. The van der Waals surface area contributed by atoms with Crippen LogP contribution in [0.1, 0.15) is 24.4 Å². The van der Waals surface area contributed by atoms with Gasteiger partial charge in [-0.3, -0.25) is 0 Å². The third-order valence-corrected chi connectivity index (χ3v) is 6.24. The van der Waals surface area contributed by atoms with E-state index >= 15 is 0 Å². The van der Waals surface area contributed by atoms with Gasteiger partial charge in [0.1, 0.15) is 17.3 Å². The van der Waals surface area contributed by atoms with Gasteiger partial charge in [0, 0.05) is 42.4 Å². The fourth-order valence-electron chi connectivity index (χ4n) is 3.44. The first-order chi connectivity index (χ1) is 13.6. The number of nitrogens with zero attached hydrogens (tertiary/aromatic N) is 2. The van der Waals surface area contributed by atoms with E-state index < -0.39 is 0 Å². The molecule has 0 saturated heterocycles. The van der Waals surface area contributed by atoms with Crippen LogP contribution < -0.4 is 15.1 Å². The molecule has 0 unspecified atom stereocenters. The molecule has 0 spiro atoms. The Labute approximate surface area is 168 Å². The van der Waals surface area contributed by atoms with Gasteiger partial charge in [0.15, 0.2) is 0 Å². The zero-order valence-corrected chi connectivity index (χ0v) is 17.1. The molecule has 0 aliphatic carbocycles. The van der Waals surface area contributed by atoms with Crippen LogP contribution >= 0.6 is 11.3 Å². The topological polar surface area (TPSA) is 37.3 Å². The van der Waals surface area contributed by atoms with Crippen LogP contribution in [0.15, 0.2) is 57.7 Å². The fraction of sp³-hybridized carbons (Fsp3) is 0.217. The lowest BCUT2D eigenvalue weighted by atomic mass is 10.1. The first-order valence-electron chi connectivity index (χ1n) is 9.49. The van der Waals surface area contributed by atoms with Crippen molar-refractivity contribution in [1.82, 2.24) is 0 Å². The number of aryl methyl sites for hydroxylation is 1. The van der Waals surface area contributed by atoms with Crippen LogP contribution in [0.2, 0.25) is 0 Å². The molecule has 2 heterocycles. The molecule has 4 rings (SSSR count). The molecule has 4 nitrogen and oxygen atoms in total. The number of hydrogen-bond acceptors (Lipinski definition) is 4. The van der Waals surface area contributed by atoms with Gasteiger partial charge in [-0.1, -0.05) is 23.5 Å². The lowest BCUT2D eigenvalue weighted by Crippen LogP contribution is -2.28. The summed E-state index contributed by atoms with van der Waals surface area (Å²) in [7, 11) is 2.04. The molecule has 0 fully saturated rings. The molecule has 0 atom stereocenters. The second-order valence-corrected chi connectivity index (χ2v) is 7.75. The second kappa shape index (κ2) is 7.60. The number of thiazole rings is 1. The molecule has 28 heavy (non-hydrogen) atoms. The van der Waals surface area contributed by atoms with Crippen LogP contribution in [0, 0.1) is 0 Å². The summed E-state index contributed by atoms with van der Waals surface area (Å²) in [5.41, 5.74) is 3.12. The summed E-state index contributed by atoms with van der Waals surface area (Å²) in [6.45, 7) is 6.07. The summed E-state index contributed by atoms with van der Waals surface area (Å²) in [6, 6.07) is 16.2. The first kappa shape index (κ1) is 18.4. The number of para-hydroxylation sites is 1. The first-order valence-corrected chi connectivity index (χ1v) is 10.3. The van der Waals surface area contributed by atoms with Crippen molar-refractivity contribution in [3.63, 3.8) is 0 Å². The standard InChI is InChI=1S/C23H23N2O2S/c1-4-25(5-2)18-12-10-16-14-17(23(26)27-20(16)15-18)11-13-22-24(3)19-8-6-7-9-21(19)28-22/h6-15H,4-5H2,1-3H3/q+1. The predicted molar refractivity (Wildman–Crippen MR) is 118 cm³/mol. The third kappa shape index (κ3) is 3.34. The van der Waals surface area contributed by atoms with Crippen molar-refractivity contribution in [2.75, 3.05) is 18.0 Å². The Morgan fingerprint density at radius 2 is 1.86 bits per heavy atom. The van der Waals surface area contributed by atoms with Gasteiger partial charge in [-0.15, -0.1) is 0 Å². The number of aromatic nitrogens is 1. The molecule has 0 amide bonds. The van der Waals surface area contributed by atoms with Gasteiger partial charge in [-0.05, 0) is 44.2 Å². The molecular formula is C23H23N2O2S+. The predicted octanol–water partition coefficient (Wildman–Crippen LogP) is 4.85. The quantitative estimate of drug-likeness (QED) is 0.361. The zero-order chi connectivity index (χ0) is 19.7. The number of benzene rings is 2. The van der Waals surface area contributed by atoms with Gasteiger partial charge >= 0.3 is 5.63 Å².